The van der Waals surface area contributed by atoms with Gasteiger partial charge in [0, 0.05) is 19.1 Å². The molecule has 2 atom stereocenters. The van der Waals surface area contributed by atoms with Crippen molar-refractivity contribution in [1.82, 2.24) is 9.80 Å². The van der Waals surface area contributed by atoms with Crippen molar-refractivity contribution in [3.05, 3.63) is 35.9 Å². The second kappa shape index (κ2) is 5.65. The Balaban J connectivity index is 2.09. The zero-order chi connectivity index (χ0) is 12.3. The van der Waals surface area contributed by atoms with Crippen molar-refractivity contribution < 1.29 is 0 Å². The van der Waals surface area contributed by atoms with Crippen LogP contribution in [0, 0.1) is 0 Å². The summed E-state index contributed by atoms with van der Waals surface area (Å²) in [5.74, 6) is 0. The molecule has 0 radical (unpaired) electrons. The molecule has 1 heterocycles. The molecule has 0 spiro atoms. The van der Waals surface area contributed by atoms with Crippen LogP contribution in [-0.4, -0.2) is 35.1 Å². The molecule has 1 aliphatic heterocycles. The summed E-state index contributed by atoms with van der Waals surface area (Å²) in [4.78, 5) is 5.23. The molecular weight excluding hydrogens is 208 g/mol. The fraction of sp³-hybridized carbons (Fsp3) is 0.600. The third kappa shape index (κ3) is 2.70. The largest absolute Gasteiger partial charge is 0.287 e. The lowest BCUT2D eigenvalue weighted by atomic mass is 10.2. The van der Waals surface area contributed by atoms with Gasteiger partial charge in [-0.25, -0.2) is 0 Å². The summed E-state index contributed by atoms with van der Waals surface area (Å²) >= 11 is 0. The van der Waals surface area contributed by atoms with Crippen molar-refractivity contribution >= 4 is 0 Å². The topological polar surface area (TPSA) is 6.48 Å². The molecule has 0 saturated carbocycles. The van der Waals surface area contributed by atoms with Crippen LogP contribution in [0.25, 0.3) is 0 Å². The quantitative estimate of drug-likeness (QED) is 0.787. The molecule has 0 N–H and O–H groups in total. The van der Waals surface area contributed by atoms with E-state index in [9.17, 15) is 0 Å². The maximum absolute atomic E-state index is 2.64. The molecule has 0 amide bonds. The number of hydrogen-bond acceptors (Lipinski definition) is 2. The minimum atomic E-state index is 0.621. The predicted molar refractivity (Wildman–Crippen MR) is 72.8 cm³/mol. The zero-order valence-corrected chi connectivity index (χ0v) is 11.3. The van der Waals surface area contributed by atoms with Gasteiger partial charge in [0.25, 0.3) is 0 Å². The standard InChI is InChI=1S/C15H24N2/c1-4-15-16(5-2)11-13(3)17(15)12-14-9-7-6-8-10-14/h6-10,13,15H,4-5,11-12H2,1-3H3. The number of nitrogens with zero attached hydrogens (tertiary/aromatic N) is 2. The maximum Gasteiger partial charge on any atom is 0.0626 e. The van der Waals surface area contributed by atoms with Gasteiger partial charge in [-0.1, -0.05) is 44.2 Å². The first-order chi connectivity index (χ1) is 8.26. The van der Waals surface area contributed by atoms with E-state index >= 15 is 0 Å². The van der Waals surface area contributed by atoms with Crippen LogP contribution in [0.2, 0.25) is 0 Å². The Labute approximate surface area is 105 Å². The average Bonchev–Trinajstić information content (AvgIpc) is 2.67. The molecule has 1 aromatic rings. The summed E-state index contributed by atoms with van der Waals surface area (Å²) < 4.78 is 0. The van der Waals surface area contributed by atoms with Crippen molar-refractivity contribution in [2.45, 2.75) is 45.9 Å². The molecular formula is C15H24N2. The number of benzene rings is 1. The van der Waals surface area contributed by atoms with Crippen molar-refractivity contribution in [2.24, 2.45) is 0 Å². The third-order valence-electron chi connectivity index (χ3n) is 3.85. The van der Waals surface area contributed by atoms with E-state index in [1.807, 2.05) is 0 Å². The average molecular weight is 232 g/mol. The van der Waals surface area contributed by atoms with Crippen molar-refractivity contribution in [1.29, 1.82) is 0 Å². The van der Waals surface area contributed by atoms with Gasteiger partial charge < -0.3 is 0 Å². The second-order valence-electron chi connectivity index (χ2n) is 4.98. The molecule has 94 valence electrons. The van der Waals surface area contributed by atoms with Gasteiger partial charge in [-0.15, -0.1) is 0 Å². The fourth-order valence-electron chi connectivity index (χ4n) is 2.96. The first-order valence-corrected chi connectivity index (χ1v) is 6.80. The Kier molecular flexibility index (Phi) is 4.19. The summed E-state index contributed by atoms with van der Waals surface area (Å²) in [6.07, 6.45) is 1.83. The Morgan fingerprint density at radius 2 is 1.88 bits per heavy atom. The highest BCUT2D eigenvalue weighted by atomic mass is 15.4. The first kappa shape index (κ1) is 12.6. The van der Waals surface area contributed by atoms with Gasteiger partial charge in [-0.05, 0) is 25.5 Å². The van der Waals surface area contributed by atoms with E-state index in [0.29, 0.717) is 12.2 Å². The van der Waals surface area contributed by atoms with Crippen molar-refractivity contribution in [3.8, 4) is 0 Å². The van der Waals surface area contributed by atoms with Gasteiger partial charge in [0.15, 0.2) is 0 Å². The Hall–Kier alpha value is -0.860. The maximum atomic E-state index is 2.64. The van der Waals surface area contributed by atoms with Gasteiger partial charge in [0.05, 0.1) is 6.17 Å². The van der Waals surface area contributed by atoms with E-state index in [2.05, 4.69) is 60.9 Å². The molecule has 0 aromatic heterocycles. The van der Waals surface area contributed by atoms with Crippen LogP contribution >= 0.6 is 0 Å². The van der Waals surface area contributed by atoms with Gasteiger partial charge in [-0.3, -0.25) is 9.80 Å². The Bertz CT molecular complexity index is 336. The Morgan fingerprint density at radius 3 is 2.47 bits per heavy atom. The smallest absolute Gasteiger partial charge is 0.0626 e. The van der Waals surface area contributed by atoms with Gasteiger partial charge in [0.2, 0.25) is 0 Å². The van der Waals surface area contributed by atoms with Gasteiger partial charge >= 0.3 is 0 Å². The van der Waals surface area contributed by atoms with E-state index < -0.39 is 0 Å². The van der Waals surface area contributed by atoms with Crippen LogP contribution in [0.4, 0.5) is 0 Å². The van der Waals surface area contributed by atoms with Crippen LogP contribution in [0.15, 0.2) is 30.3 Å². The van der Waals surface area contributed by atoms with Crippen LogP contribution in [0.5, 0.6) is 0 Å². The molecule has 2 heteroatoms. The molecule has 0 aliphatic carbocycles. The molecule has 0 bridgehead atoms. The van der Waals surface area contributed by atoms with E-state index in [1.165, 1.54) is 18.5 Å². The SMILES string of the molecule is CCC1N(CC)CC(C)N1Cc1ccccc1. The molecule has 1 aromatic carbocycles. The van der Waals surface area contributed by atoms with Crippen molar-refractivity contribution in [3.63, 3.8) is 0 Å². The van der Waals surface area contributed by atoms with Gasteiger partial charge in [0.1, 0.15) is 0 Å². The first-order valence-electron chi connectivity index (χ1n) is 6.80. The molecule has 1 fully saturated rings. The van der Waals surface area contributed by atoms with Crippen LogP contribution in [-0.2, 0) is 6.54 Å². The lowest BCUT2D eigenvalue weighted by Crippen LogP contribution is -2.39. The van der Waals surface area contributed by atoms with E-state index in [1.54, 1.807) is 0 Å². The molecule has 17 heavy (non-hydrogen) atoms. The lowest BCUT2D eigenvalue weighted by Gasteiger charge is -2.30. The fourth-order valence-corrected chi connectivity index (χ4v) is 2.96. The zero-order valence-electron chi connectivity index (χ0n) is 11.3. The minimum absolute atomic E-state index is 0.621. The predicted octanol–water partition coefficient (Wildman–Crippen LogP) is 2.95. The highest BCUT2D eigenvalue weighted by molar-refractivity contribution is 5.15. The van der Waals surface area contributed by atoms with Crippen molar-refractivity contribution in [2.75, 3.05) is 13.1 Å². The monoisotopic (exact) mass is 232 g/mol. The summed E-state index contributed by atoms with van der Waals surface area (Å²) in [5, 5.41) is 0. The third-order valence-corrected chi connectivity index (χ3v) is 3.85. The second-order valence-corrected chi connectivity index (χ2v) is 4.98. The van der Waals surface area contributed by atoms with Crippen LogP contribution in [0.3, 0.4) is 0 Å². The molecule has 2 unspecified atom stereocenters. The summed E-state index contributed by atoms with van der Waals surface area (Å²) in [5.41, 5.74) is 1.43. The molecule has 2 rings (SSSR count). The minimum Gasteiger partial charge on any atom is -0.287 e. The van der Waals surface area contributed by atoms with E-state index in [4.69, 9.17) is 0 Å². The van der Waals surface area contributed by atoms with Gasteiger partial charge in [-0.2, -0.15) is 0 Å². The number of likely N-dealkylation sites (N-methyl/N-ethyl adjacent to an activating group) is 1. The van der Waals surface area contributed by atoms with E-state index in [0.717, 1.165) is 13.1 Å². The number of rotatable bonds is 4. The Morgan fingerprint density at radius 1 is 1.18 bits per heavy atom. The summed E-state index contributed by atoms with van der Waals surface area (Å²) in [6.45, 7) is 10.4. The normalized spacial score (nSPS) is 26.5. The number of hydrogen-bond donors (Lipinski definition) is 0. The summed E-state index contributed by atoms with van der Waals surface area (Å²) in [6, 6.07) is 11.5. The highest BCUT2D eigenvalue weighted by Crippen LogP contribution is 2.24. The van der Waals surface area contributed by atoms with Crippen LogP contribution in [0.1, 0.15) is 32.8 Å². The summed E-state index contributed by atoms with van der Waals surface area (Å²) in [7, 11) is 0. The van der Waals surface area contributed by atoms with Crippen LogP contribution < -0.4 is 0 Å². The molecule has 1 saturated heterocycles. The van der Waals surface area contributed by atoms with E-state index in [-0.39, 0.29) is 0 Å². The highest BCUT2D eigenvalue weighted by Gasteiger charge is 2.34. The molecule has 2 nitrogen and oxygen atoms in total. The lowest BCUT2D eigenvalue weighted by molar-refractivity contribution is 0.116. The molecule has 1 aliphatic rings.